The van der Waals surface area contributed by atoms with Gasteiger partial charge in [-0.3, -0.25) is 9.59 Å². The lowest BCUT2D eigenvalue weighted by Gasteiger charge is -2.14. The van der Waals surface area contributed by atoms with Crippen LogP contribution in [-0.2, 0) is 22.4 Å². The zero-order valence-corrected chi connectivity index (χ0v) is 15.5. The summed E-state index contributed by atoms with van der Waals surface area (Å²) in [7, 11) is 0. The molecule has 2 aromatic carbocycles. The number of hydrogen-bond acceptors (Lipinski definition) is 5. The van der Waals surface area contributed by atoms with Crippen molar-refractivity contribution in [3.8, 4) is 5.75 Å². The van der Waals surface area contributed by atoms with Gasteiger partial charge < -0.3 is 9.84 Å². The Bertz CT molecular complexity index is 768. The number of aryl methyl sites for hydroxylation is 1. The second-order valence-electron chi connectivity index (χ2n) is 6.39. The SMILES string of the molecule is CCc1ccc([C@H](O)COc2ccc(CC3SC(=O)CC3=O)cc2)cc1. The maximum absolute atomic E-state index is 11.7. The molecule has 136 valence electrons. The van der Waals surface area contributed by atoms with Gasteiger partial charge in [-0.15, -0.1) is 0 Å². The highest BCUT2D eigenvalue weighted by Gasteiger charge is 2.31. The summed E-state index contributed by atoms with van der Waals surface area (Å²) in [5.41, 5.74) is 3.06. The van der Waals surface area contributed by atoms with E-state index in [0.29, 0.717) is 12.2 Å². The van der Waals surface area contributed by atoms with Crippen molar-refractivity contribution in [3.63, 3.8) is 0 Å². The molecule has 4 nitrogen and oxygen atoms in total. The van der Waals surface area contributed by atoms with Crippen LogP contribution < -0.4 is 4.74 Å². The molecular weight excluding hydrogens is 348 g/mol. The molecule has 0 radical (unpaired) electrons. The van der Waals surface area contributed by atoms with Crippen LogP contribution in [0.5, 0.6) is 5.75 Å². The molecule has 1 fully saturated rings. The van der Waals surface area contributed by atoms with E-state index in [1.54, 1.807) is 0 Å². The lowest BCUT2D eigenvalue weighted by molar-refractivity contribution is -0.121. The minimum atomic E-state index is -0.681. The van der Waals surface area contributed by atoms with Gasteiger partial charge >= 0.3 is 0 Å². The number of carbonyl (C=O) groups excluding carboxylic acids is 2. The molecule has 1 aliphatic rings. The number of carbonyl (C=O) groups is 2. The normalized spacial score (nSPS) is 18.2. The maximum Gasteiger partial charge on any atom is 0.197 e. The Labute approximate surface area is 157 Å². The van der Waals surface area contributed by atoms with Gasteiger partial charge in [0, 0.05) is 0 Å². The Kier molecular flexibility index (Phi) is 6.12. The summed E-state index contributed by atoms with van der Waals surface area (Å²) in [6.07, 6.45) is 0.896. The predicted molar refractivity (Wildman–Crippen MR) is 102 cm³/mol. The second-order valence-corrected chi connectivity index (χ2v) is 7.65. The monoisotopic (exact) mass is 370 g/mol. The van der Waals surface area contributed by atoms with Gasteiger partial charge in [0.05, 0.1) is 11.7 Å². The van der Waals surface area contributed by atoms with E-state index in [1.807, 2.05) is 48.5 Å². The van der Waals surface area contributed by atoms with E-state index in [1.165, 1.54) is 5.56 Å². The first-order valence-electron chi connectivity index (χ1n) is 8.76. The van der Waals surface area contributed by atoms with E-state index in [9.17, 15) is 14.7 Å². The molecule has 0 bridgehead atoms. The summed E-state index contributed by atoms with van der Waals surface area (Å²) in [4.78, 5) is 23.0. The van der Waals surface area contributed by atoms with Gasteiger partial charge in [0.2, 0.25) is 0 Å². The highest BCUT2D eigenvalue weighted by molar-refractivity contribution is 8.15. The molecule has 5 heteroatoms. The Hall–Kier alpha value is -2.11. The number of benzene rings is 2. The molecular formula is C21H22O4S. The summed E-state index contributed by atoms with van der Waals surface area (Å²) in [5, 5.41) is 9.94. The van der Waals surface area contributed by atoms with Crippen molar-refractivity contribution in [2.24, 2.45) is 0 Å². The zero-order chi connectivity index (χ0) is 18.5. The first-order valence-corrected chi connectivity index (χ1v) is 9.64. The van der Waals surface area contributed by atoms with Gasteiger partial charge in [0.1, 0.15) is 18.5 Å². The third kappa shape index (κ3) is 4.74. The highest BCUT2D eigenvalue weighted by atomic mass is 32.2. The third-order valence-electron chi connectivity index (χ3n) is 4.48. The molecule has 1 N–H and O–H groups in total. The Morgan fingerprint density at radius 1 is 1.08 bits per heavy atom. The highest BCUT2D eigenvalue weighted by Crippen LogP contribution is 2.28. The van der Waals surface area contributed by atoms with E-state index >= 15 is 0 Å². The fourth-order valence-electron chi connectivity index (χ4n) is 2.86. The van der Waals surface area contributed by atoms with Crippen LogP contribution in [0.1, 0.15) is 36.1 Å². The van der Waals surface area contributed by atoms with E-state index < -0.39 is 6.10 Å². The van der Waals surface area contributed by atoms with Crippen LogP contribution in [0.4, 0.5) is 0 Å². The van der Waals surface area contributed by atoms with E-state index in [0.717, 1.165) is 29.3 Å². The number of rotatable bonds is 7. The van der Waals surface area contributed by atoms with Crippen molar-refractivity contribution in [2.75, 3.05) is 6.61 Å². The van der Waals surface area contributed by atoms with Crippen LogP contribution in [0.2, 0.25) is 0 Å². The molecule has 0 spiro atoms. The molecule has 3 rings (SSSR count). The standard InChI is InChI=1S/C21H22O4S/c1-2-14-3-7-16(8-4-14)19(23)13-25-17-9-5-15(6-10-17)11-20-18(22)12-21(24)26-20/h3-10,19-20,23H,2,11-13H2,1H3/t19-,20?/m1/s1. The molecule has 0 aromatic heterocycles. The fraction of sp³-hybridized carbons (Fsp3) is 0.333. The summed E-state index contributed by atoms with van der Waals surface area (Å²) < 4.78 is 5.67. The van der Waals surface area contributed by atoms with Crippen LogP contribution in [0.3, 0.4) is 0 Å². The zero-order valence-electron chi connectivity index (χ0n) is 14.7. The number of ether oxygens (including phenoxy) is 1. The number of Topliss-reactive ketones (excluding diaryl/α,β-unsaturated/α-hetero) is 1. The Morgan fingerprint density at radius 3 is 2.31 bits per heavy atom. The molecule has 1 heterocycles. The predicted octanol–water partition coefficient (Wildman–Crippen LogP) is 3.51. The van der Waals surface area contributed by atoms with Gasteiger partial charge in [-0.05, 0) is 41.7 Å². The summed E-state index contributed by atoms with van der Waals surface area (Å²) in [6, 6.07) is 15.3. The molecule has 26 heavy (non-hydrogen) atoms. The number of hydrogen-bond donors (Lipinski definition) is 1. The number of thioether (sulfide) groups is 1. The van der Waals surface area contributed by atoms with Crippen LogP contribution >= 0.6 is 11.8 Å². The largest absolute Gasteiger partial charge is 0.491 e. The maximum atomic E-state index is 11.7. The molecule has 2 atom stereocenters. The van der Waals surface area contributed by atoms with Crippen LogP contribution in [0.25, 0.3) is 0 Å². The van der Waals surface area contributed by atoms with Gasteiger partial charge in [-0.1, -0.05) is 55.1 Å². The van der Waals surface area contributed by atoms with E-state index in [2.05, 4.69) is 6.92 Å². The van der Waals surface area contributed by atoms with E-state index in [4.69, 9.17) is 4.74 Å². The smallest absolute Gasteiger partial charge is 0.197 e. The molecule has 2 aromatic rings. The quantitative estimate of drug-likeness (QED) is 0.756. The molecule has 1 aliphatic heterocycles. The fourth-order valence-corrected chi connectivity index (χ4v) is 3.89. The first kappa shape index (κ1) is 18.7. The summed E-state index contributed by atoms with van der Waals surface area (Å²) in [6.45, 7) is 2.27. The second kappa shape index (κ2) is 8.52. The molecule has 1 unspecified atom stereocenters. The van der Waals surface area contributed by atoms with Crippen LogP contribution in [0.15, 0.2) is 48.5 Å². The average molecular weight is 370 g/mol. The van der Waals surface area contributed by atoms with Crippen molar-refractivity contribution in [1.82, 2.24) is 0 Å². The summed E-state index contributed by atoms with van der Waals surface area (Å²) in [5.74, 6) is 0.678. The van der Waals surface area contributed by atoms with Gasteiger partial charge in [-0.25, -0.2) is 0 Å². The molecule has 0 aliphatic carbocycles. The van der Waals surface area contributed by atoms with E-state index in [-0.39, 0.29) is 29.2 Å². The van der Waals surface area contributed by atoms with Crippen LogP contribution in [-0.4, -0.2) is 27.9 Å². The van der Waals surface area contributed by atoms with Crippen molar-refractivity contribution >= 4 is 22.7 Å². The van der Waals surface area contributed by atoms with Crippen molar-refractivity contribution in [3.05, 3.63) is 65.2 Å². The molecule has 0 saturated carbocycles. The Morgan fingerprint density at radius 2 is 1.73 bits per heavy atom. The van der Waals surface area contributed by atoms with Gasteiger partial charge in [-0.2, -0.15) is 0 Å². The van der Waals surface area contributed by atoms with Crippen LogP contribution in [0, 0.1) is 0 Å². The number of ketones is 1. The average Bonchev–Trinajstić information content (AvgIpc) is 2.98. The first-order chi connectivity index (χ1) is 12.5. The molecule has 0 amide bonds. The van der Waals surface area contributed by atoms with Gasteiger partial charge in [0.25, 0.3) is 0 Å². The number of aliphatic hydroxyl groups is 1. The minimum Gasteiger partial charge on any atom is -0.491 e. The lowest BCUT2D eigenvalue weighted by atomic mass is 10.1. The topological polar surface area (TPSA) is 63.6 Å². The molecule has 1 saturated heterocycles. The summed E-state index contributed by atoms with van der Waals surface area (Å²) >= 11 is 1.13. The van der Waals surface area contributed by atoms with Crippen molar-refractivity contribution in [1.29, 1.82) is 0 Å². The van der Waals surface area contributed by atoms with Gasteiger partial charge in [0.15, 0.2) is 10.9 Å². The minimum absolute atomic E-state index is 0.0116. The van der Waals surface area contributed by atoms with Crippen molar-refractivity contribution < 1.29 is 19.4 Å². The lowest BCUT2D eigenvalue weighted by Crippen LogP contribution is -2.13. The third-order valence-corrected chi connectivity index (χ3v) is 5.60. The van der Waals surface area contributed by atoms with Crippen molar-refractivity contribution in [2.45, 2.75) is 37.5 Å². The number of aliphatic hydroxyl groups excluding tert-OH is 1. The Balaban J connectivity index is 1.52.